The Balaban J connectivity index is 1.57. The van der Waals surface area contributed by atoms with Gasteiger partial charge < -0.3 is 10.1 Å². The van der Waals surface area contributed by atoms with E-state index in [1.165, 1.54) is 37.4 Å². The van der Waals surface area contributed by atoms with Gasteiger partial charge in [0.25, 0.3) is 5.91 Å². The van der Waals surface area contributed by atoms with Gasteiger partial charge in [-0.3, -0.25) is 14.8 Å². The van der Waals surface area contributed by atoms with E-state index in [9.17, 15) is 9.18 Å². The largest absolute Gasteiger partial charge is 0.490 e. The number of carbonyl (C=O) groups excluding carboxylic acids is 1. The van der Waals surface area contributed by atoms with Crippen LogP contribution >= 0.6 is 0 Å². The molecule has 1 heterocycles. The highest BCUT2D eigenvalue weighted by Gasteiger charge is 2.17. The number of halogens is 1. The molecular weight excluding hydrogens is 333 g/mol. The molecule has 0 aliphatic heterocycles. The fourth-order valence-corrected chi connectivity index (χ4v) is 3.26. The first-order valence-corrected chi connectivity index (χ1v) is 8.67. The quantitative estimate of drug-likeness (QED) is 0.759. The zero-order valence-corrected chi connectivity index (χ0v) is 14.1. The number of benzene rings is 2. The van der Waals surface area contributed by atoms with Crippen molar-refractivity contribution in [2.24, 2.45) is 0 Å². The Kier molecular flexibility index (Phi) is 4.48. The van der Waals surface area contributed by atoms with Gasteiger partial charge in [-0.15, -0.1) is 0 Å². The topological polar surface area (TPSA) is 64.1 Å². The Labute approximate surface area is 150 Å². The molecule has 1 aliphatic rings. The Morgan fingerprint density at radius 3 is 2.77 bits per heavy atom. The van der Waals surface area contributed by atoms with Crippen molar-refractivity contribution >= 4 is 22.6 Å². The summed E-state index contributed by atoms with van der Waals surface area (Å²) in [5, 5.41) is 2.79. The highest BCUT2D eigenvalue weighted by Crippen LogP contribution is 2.26. The molecule has 2 aromatic carbocycles. The minimum absolute atomic E-state index is 0.148. The maximum Gasteiger partial charge on any atom is 0.258 e. The van der Waals surface area contributed by atoms with Crippen molar-refractivity contribution in [1.29, 1.82) is 0 Å². The van der Waals surface area contributed by atoms with E-state index in [2.05, 4.69) is 15.3 Å². The Bertz CT molecular complexity index is 955. The first-order valence-electron chi connectivity index (χ1n) is 8.67. The van der Waals surface area contributed by atoms with Crippen molar-refractivity contribution in [3.8, 4) is 5.75 Å². The van der Waals surface area contributed by atoms with E-state index >= 15 is 0 Å². The molecule has 132 valence electrons. The summed E-state index contributed by atoms with van der Waals surface area (Å²) < 4.78 is 19.8. The Morgan fingerprint density at radius 2 is 1.92 bits per heavy atom. The third-order valence-corrected chi connectivity index (χ3v) is 4.48. The molecular formula is C20H18FN3O2. The number of anilines is 1. The summed E-state index contributed by atoms with van der Waals surface area (Å²) in [6.07, 6.45) is 7.68. The number of hydrogen-bond acceptors (Lipinski definition) is 4. The van der Waals surface area contributed by atoms with Crippen molar-refractivity contribution in [2.45, 2.75) is 31.8 Å². The predicted octanol–water partition coefficient (Wildman–Crippen LogP) is 4.34. The van der Waals surface area contributed by atoms with Crippen molar-refractivity contribution in [3.63, 3.8) is 0 Å². The maximum atomic E-state index is 13.8. The number of ether oxygens (including phenoxy) is 1. The van der Waals surface area contributed by atoms with Crippen LogP contribution in [0.25, 0.3) is 11.0 Å². The molecule has 1 aliphatic carbocycles. The molecule has 1 saturated carbocycles. The van der Waals surface area contributed by atoms with E-state index < -0.39 is 11.7 Å². The van der Waals surface area contributed by atoms with Gasteiger partial charge in [0.05, 0.1) is 17.2 Å². The summed E-state index contributed by atoms with van der Waals surface area (Å²) in [5.74, 6) is -0.243. The summed E-state index contributed by atoms with van der Waals surface area (Å²) >= 11 is 0. The van der Waals surface area contributed by atoms with Crippen LogP contribution in [0.1, 0.15) is 36.0 Å². The summed E-state index contributed by atoms with van der Waals surface area (Å²) in [5.41, 5.74) is 1.45. The normalized spacial score (nSPS) is 14.5. The average Bonchev–Trinajstić information content (AvgIpc) is 3.14. The number of hydrogen-bond donors (Lipinski definition) is 1. The maximum absolute atomic E-state index is 13.8. The SMILES string of the molecule is O=C(Nc1cccc(OC2CCCC2)c1)c1cc(F)cc2nccnc12. The molecule has 1 fully saturated rings. The number of fused-ring (bicyclic) bond motifs is 1. The van der Waals surface area contributed by atoms with Crippen LogP contribution < -0.4 is 10.1 Å². The summed E-state index contributed by atoms with van der Waals surface area (Å²) in [6, 6.07) is 9.68. The molecule has 0 bridgehead atoms. The molecule has 5 nitrogen and oxygen atoms in total. The molecule has 1 N–H and O–H groups in total. The van der Waals surface area contributed by atoms with E-state index in [-0.39, 0.29) is 11.7 Å². The number of nitrogens with zero attached hydrogens (tertiary/aromatic N) is 2. The van der Waals surface area contributed by atoms with Gasteiger partial charge in [-0.25, -0.2) is 4.39 Å². The molecule has 0 radical (unpaired) electrons. The molecule has 0 spiro atoms. The Hall–Kier alpha value is -3.02. The van der Waals surface area contributed by atoms with Crippen molar-refractivity contribution in [2.75, 3.05) is 5.32 Å². The van der Waals surface area contributed by atoms with Crippen LogP contribution in [0.15, 0.2) is 48.8 Å². The second-order valence-corrected chi connectivity index (χ2v) is 6.38. The number of nitrogens with one attached hydrogen (secondary N) is 1. The fraction of sp³-hybridized carbons (Fsp3) is 0.250. The van der Waals surface area contributed by atoms with Crippen molar-refractivity contribution in [1.82, 2.24) is 9.97 Å². The first-order chi connectivity index (χ1) is 12.7. The highest BCUT2D eigenvalue weighted by atomic mass is 19.1. The summed E-state index contributed by atoms with van der Waals surface area (Å²) in [4.78, 5) is 20.9. The van der Waals surface area contributed by atoms with Crippen LogP contribution in [-0.4, -0.2) is 22.0 Å². The number of carbonyl (C=O) groups is 1. The van der Waals surface area contributed by atoms with Gasteiger partial charge in [-0.1, -0.05) is 6.07 Å². The van der Waals surface area contributed by atoms with Crippen LogP contribution in [0.4, 0.5) is 10.1 Å². The minimum Gasteiger partial charge on any atom is -0.490 e. The molecule has 1 aromatic heterocycles. The Morgan fingerprint density at radius 1 is 1.12 bits per heavy atom. The minimum atomic E-state index is -0.526. The zero-order valence-electron chi connectivity index (χ0n) is 14.1. The van der Waals surface area contributed by atoms with Crippen LogP contribution in [0.2, 0.25) is 0 Å². The molecule has 26 heavy (non-hydrogen) atoms. The predicted molar refractivity (Wildman–Crippen MR) is 96.8 cm³/mol. The van der Waals surface area contributed by atoms with Gasteiger partial charge in [-0.05, 0) is 43.9 Å². The van der Waals surface area contributed by atoms with E-state index in [1.54, 1.807) is 12.1 Å². The molecule has 1 amide bonds. The van der Waals surface area contributed by atoms with E-state index in [0.29, 0.717) is 16.7 Å². The molecule has 0 atom stereocenters. The van der Waals surface area contributed by atoms with Crippen molar-refractivity contribution < 1.29 is 13.9 Å². The second-order valence-electron chi connectivity index (χ2n) is 6.38. The van der Waals surface area contributed by atoms with E-state index in [0.717, 1.165) is 18.6 Å². The third-order valence-electron chi connectivity index (χ3n) is 4.48. The lowest BCUT2D eigenvalue weighted by Gasteiger charge is -2.14. The van der Waals surface area contributed by atoms with Crippen LogP contribution in [0, 0.1) is 5.82 Å². The molecule has 3 aromatic rings. The third kappa shape index (κ3) is 3.49. The second kappa shape index (κ2) is 7.07. The lowest BCUT2D eigenvalue weighted by Crippen LogP contribution is -2.14. The van der Waals surface area contributed by atoms with E-state index in [1.807, 2.05) is 12.1 Å². The molecule has 6 heteroatoms. The monoisotopic (exact) mass is 351 g/mol. The standard InChI is InChI=1S/C20H18FN3O2/c21-13-10-17(19-18(11-13)22-8-9-23-19)20(25)24-14-4-3-7-16(12-14)26-15-5-1-2-6-15/h3-4,7-12,15H,1-2,5-6H2,(H,24,25). The van der Waals surface area contributed by atoms with Gasteiger partial charge in [0.1, 0.15) is 17.1 Å². The van der Waals surface area contributed by atoms with Crippen LogP contribution in [0.5, 0.6) is 5.75 Å². The lowest BCUT2D eigenvalue weighted by molar-refractivity contribution is 0.102. The summed E-state index contributed by atoms with van der Waals surface area (Å²) in [7, 11) is 0. The van der Waals surface area contributed by atoms with E-state index in [4.69, 9.17) is 4.74 Å². The smallest absolute Gasteiger partial charge is 0.258 e. The number of rotatable bonds is 4. The average molecular weight is 351 g/mol. The zero-order chi connectivity index (χ0) is 17.9. The number of aromatic nitrogens is 2. The highest BCUT2D eigenvalue weighted by molar-refractivity contribution is 6.11. The summed E-state index contributed by atoms with van der Waals surface area (Å²) in [6.45, 7) is 0. The van der Waals surface area contributed by atoms with Gasteiger partial charge in [0.15, 0.2) is 0 Å². The lowest BCUT2D eigenvalue weighted by atomic mass is 10.1. The molecule has 0 unspecified atom stereocenters. The number of amides is 1. The fourth-order valence-electron chi connectivity index (χ4n) is 3.26. The van der Waals surface area contributed by atoms with Gasteiger partial charge in [0.2, 0.25) is 0 Å². The van der Waals surface area contributed by atoms with Crippen molar-refractivity contribution in [3.05, 3.63) is 60.2 Å². The molecule has 4 rings (SSSR count). The first kappa shape index (κ1) is 16.4. The van der Waals surface area contributed by atoms with Crippen LogP contribution in [0.3, 0.4) is 0 Å². The van der Waals surface area contributed by atoms with Crippen LogP contribution in [-0.2, 0) is 0 Å². The van der Waals surface area contributed by atoms with Gasteiger partial charge >= 0.3 is 0 Å². The van der Waals surface area contributed by atoms with Gasteiger partial charge in [-0.2, -0.15) is 0 Å². The molecule has 0 saturated heterocycles. The van der Waals surface area contributed by atoms with Gasteiger partial charge in [0, 0.05) is 30.2 Å².